The van der Waals surface area contributed by atoms with Crippen LogP contribution >= 0.6 is 27.5 Å². The van der Waals surface area contributed by atoms with Crippen LogP contribution in [0.2, 0.25) is 5.02 Å². The molecule has 0 spiro atoms. The van der Waals surface area contributed by atoms with Crippen molar-refractivity contribution in [3.8, 4) is 0 Å². The van der Waals surface area contributed by atoms with Crippen LogP contribution in [-0.2, 0) is 17.9 Å². The smallest absolute Gasteiger partial charge is 0.350 e. The third-order valence-electron chi connectivity index (χ3n) is 4.09. The van der Waals surface area contributed by atoms with E-state index in [1.54, 1.807) is 36.4 Å². The number of carbonyl (C=O) groups is 2. The predicted molar refractivity (Wildman–Crippen MR) is 103 cm³/mol. The third kappa shape index (κ3) is 4.39. The van der Waals surface area contributed by atoms with Crippen LogP contribution in [0.3, 0.4) is 0 Å². The van der Waals surface area contributed by atoms with Crippen LogP contribution < -0.4 is 5.32 Å². The molecule has 1 aromatic heterocycles. The predicted octanol–water partition coefficient (Wildman–Crippen LogP) is 5.12. The molecule has 4 nitrogen and oxygen atoms in total. The van der Waals surface area contributed by atoms with Gasteiger partial charge in [-0.1, -0.05) is 45.7 Å². The fraction of sp³-hybridized carbons (Fsp3) is 0.158. The van der Waals surface area contributed by atoms with Gasteiger partial charge in [0.2, 0.25) is 5.91 Å². The molecule has 2 aromatic carbocycles. The SMILES string of the molecule is O=C(Cn1cc(C(=O)C(F)(F)F)c2cc(Br)ccc21)NCc1ccccc1Cl. The topological polar surface area (TPSA) is 51.1 Å². The minimum atomic E-state index is -5.01. The lowest BCUT2D eigenvalue weighted by molar-refractivity contribution is -0.121. The molecule has 1 N–H and O–H groups in total. The van der Waals surface area contributed by atoms with E-state index in [-0.39, 0.29) is 18.5 Å². The summed E-state index contributed by atoms with van der Waals surface area (Å²) in [5.41, 5.74) is 0.568. The maximum Gasteiger partial charge on any atom is 0.454 e. The second-order valence-corrected chi connectivity index (χ2v) is 7.35. The molecule has 9 heteroatoms. The zero-order valence-electron chi connectivity index (χ0n) is 14.2. The molecule has 0 bridgehead atoms. The number of halogens is 5. The van der Waals surface area contributed by atoms with E-state index in [0.29, 0.717) is 20.6 Å². The van der Waals surface area contributed by atoms with E-state index >= 15 is 0 Å². The lowest BCUT2D eigenvalue weighted by Gasteiger charge is -2.08. The van der Waals surface area contributed by atoms with E-state index in [4.69, 9.17) is 11.6 Å². The molecule has 146 valence electrons. The van der Waals surface area contributed by atoms with Crippen molar-refractivity contribution in [2.45, 2.75) is 19.3 Å². The molecule has 3 aromatic rings. The van der Waals surface area contributed by atoms with Gasteiger partial charge in [-0.25, -0.2) is 0 Å². The normalized spacial score (nSPS) is 11.6. The third-order valence-corrected chi connectivity index (χ3v) is 4.96. The summed E-state index contributed by atoms with van der Waals surface area (Å²) in [6, 6.07) is 11.6. The van der Waals surface area contributed by atoms with Crippen molar-refractivity contribution in [2.75, 3.05) is 0 Å². The first-order valence-corrected chi connectivity index (χ1v) is 9.24. The van der Waals surface area contributed by atoms with Gasteiger partial charge < -0.3 is 9.88 Å². The Labute approximate surface area is 171 Å². The number of nitrogens with zero attached hydrogens (tertiary/aromatic N) is 1. The molecular weight excluding hydrogens is 461 g/mol. The van der Waals surface area contributed by atoms with Crippen LogP contribution in [0, 0.1) is 0 Å². The standard InChI is InChI=1S/C19H13BrClF3N2O2/c20-12-5-6-16-13(7-12)14(18(28)19(22,23)24)9-26(16)10-17(27)25-8-11-3-1-2-4-15(11)21/h1-7,9H,8,10H2,(H,25,27). The average Bonchev–Trinajstić information content (AvgIpc) is 2.97. The molecule has 0 fully saturated rings. The Kier molecular flexibility index (Phi) is 5.81. The number of rotatable bonds is 5. The van der Waals surface area contributed by atoms with Crippen LogP contribution in [0.1, 0.15) is 15.9 Å². The highest BCUT2D eigenvalue weighted by Crippen LogP contribution is 2.30. The molecule has 0 unspecified atom stereocenters. The average molecular weight is 474 g/mol. The number of fused-ring (bicyclic) bond motifs is 1. The van der Waals surface area contributed by atoms with Crippen molar-refractivity contribution in [1.29, 1.82) is 0 Å². The van der Waals surface area contributed by atoms with Gasteiger partial charge in [-0.3, -0.25) is 9.59 Å². The largest absolute Gasteiger partial charge is 0.454 e. The van der Waals surface area contributed by atoms with Crippen LogP contribution in [0.25, 0.3) is 10.9 Å². The molecule has 1 amide bonds. The Bertz CT molecular complexity index is 1060. The number of Topliss-reactive ketones (excluding diaryl/α,β-unsaturated/α-hetero) is 1. The number of aromatic nitrogens is 1. The summed E-state index contributed by atoms with van der Waals surface area (Å²) in [5.74, 6) is -2.38. The van der Waals surface area contributed by atoms with Crippen LogP contribution in [-0.4, -0.2) is 22.4 Å². The van der Waals surface area contributed by atoms with E-state index in [1.165, 1.54) is 10.6 Å². The molecule has 0 radical (unpaired) electrons. The zero-order valence-corrected chi connectivity index (χ0v) is 16.5. The van der Waals surface area contributed by atoms with Gasteiger partial charge in [-0.2, -0.15) is 13.2 Å². The van der Waals surface area contributed by atoms with E-state index < -0.39 is 23.4 Å². The quantitative estimate of drug-likeness (QED) is 0.523. The molecule has 0 atom stereocenters. The summed E-state index contributed by atoms with van der Waals surface area (Å²) in [6.07, 6.45) is -3.95. The molecular formula is C19H13BrClF3N2O2. The van der Waals surface area contributed by atoms with Crippen molar-refractivity contribution in [3.63, 3.8) is 0 Å². The molecule has 1 heterocycles. The second kappa shape index (κ2) is 7.97. The van der Waals surface area contributed by atoms with Crippen LogP contribution in [0.4, 0.5) is 13.2 Å². The van der Waals surface area contributed by atoms with E-state index in [1.807, 2.05) is 0 Å². The van der Waals surface area contributed by atoms with Crippen molar-refractivity contribution >= 4 is 50.1 Å². The van der Waals surface area contributed by atoms with Crippen molar-refractivity contribution in [2.24, 2.45) is 0 Å². The highest BCUT2D eigenvalue weighted by Gasteiger charge is 2.40. The number of amides is 1. The first-order chi connectivity index (χ1) is 13.2. The Morgan fingerprint density at radius 2 is 1.86 bits per heavy atom. The molecule has 0 aliphatic carbocycles. The first kappa shape index (κ1) is 20.4. The van der Waals surface area contributed by atoms with Gasteiger partial charge in [-0.05, 0) is 29.8 Å². The summed E-state index contributed by atoms with van der Waals surface area (Å²) in [6.45, 7) is -0.0642. The fourth-order valence-electron chi connectivity index (χ4n) is 2.78. The van der Waals surface area contributed by atoms with Gasteiger partial charge in [0.15, 0.2) is 0 Å². The van der Waals surface area contributed by atoms with E-state index in [2.05, 4.69) is 21.2 Å². The summed E-state index contributed by atoms with van der Waals surface area (Å²) in [4.78, 5) is 24.1. The van der Waals surface area contributed by atoms with Crippen molar-refractivity contribution in [1.82, 2.24) is 9.88 Å². The van der Waals surface area contributed by atoms with Gasteiger partial charge in [0.25, 0.3) is 5.78 Å². The summed E-state index contributed by atoms with van der Waals surface area (Å²) in [5, 5.41) is 3.29. The molecule has 0 saturated heterocycles. The highest BCUT2D eigenvalue weighted by atomic mass is 79.9. The Morgan fingerprint density at radius 3 is 2.54 bits per heavy atom. The number of alkyl halides is 3. The lowest BCUT2D eigenvalue weighted by Crippen LogP contribution is -2.27. The van der Waals surface area contributed by atoms with Gasteiger partial charge in [-0.15, -0.1) is 0 Å². The van der Waals surface area contributed by atoms with Crippen LogP contribution in [0.5, 0.6) is 0 Å². The van der Waals surface area contributed by atoms with Crippen molar-refractivity contribution in [3.05, 3.63) is 69.3 Å². The number of hydrogen-bond donors (Lipinski definition) is 1. The summed E-state index contributed by atoms with van der Waals surface area (Å²) >= 11 is 9.23. The number of carbonyl (C=O) groups excluding carboxylic acids is 2. The maximum absolute atomic E-state index is 12.9. The van der Waals surface area contributed by atoms with Crippen LogP contribution in [0.15, 0.2) is 53.1 Å². The Balaban J connectivity index is 1.86. The fourth-order valence-corrected chi connectivity index (χ4v) is 3.34. The number of ketones is 1. The monoisotopic (exact) mass is 472 g/mol. The Morgan fingerprint density at radius 1 is 1.14 bits per heavy atom. The number of benzene rings is 2. The van der Waals surface area contributed by atoms with Gasteiger partial charge in [0.1, 0.15) is 6.54 Å². The van der Waals surface area contributed by atoms with Crippen molar-refractivity contribution < 1.29 is 22.8 Å². The lowest BCUT2D eigenvalue weighted by atomic mass is 10.1. The summed E-state index contributed by atoms with van der Waals surface area (Å²) < 4.78 is 40.6. The molecule has 0 aliphatic heterocycles. The molecule has 3 rings (SSSR count). The molecule has 0 aliphatic rings. The minimum absolute atomic E-state index is 0.121. The highest BCUT2D eigenvalue weighted by molar-refractivity contribution is 9.10. The van der Waals surface area contributed by atoms with E-state index in [9.17, 15) is 22.8 Å². The first-order valence-electron chi connectivity index (χ1n) is 8.07. The minimum Gasteiger partial charge on any atom is -0.350 e. The molecule has 28 heavy (non-hydrogen) atoms. The number of hydrogen-bond acceptors (Lipinski definition) is 2. The molecule has 0 saturated carbocycles. The summed E-state index contributed by atoms with van der Waals surface area (Å²) in [7, 11) is 0. The zero-order chi connectivity index (χ0) is 20.5. The maximum atomic E-state index is 12.9. The van der Waals surface area contributed by atoms with Gasteiger partial charge in [0, 0.05) is 33.1 Å². The van der Waals surface area contributed by atoms with E-state index in [0.717, 1.165) is 6.20 Å². The Hall–Kier alpha value is -2.32. The second-order valence-electron chi connectivity index (χ2n) is 6.03. The van der Waals surface area contributed by atoms with Gasteiger partial charge in [0.05, 0.1) is 5.56 Å². The van der Waals surface area contributed by atoms with Gasteiger partial charge >= 0.3 is 6.18 Å². The number of nitrogens with one attached hydrogen (secondary N) is 1.